The molecule has 35 heavy (non-hydrogen) atoms. The first-order chi connectivity index (χ1) is 17.0. The molecule has 0 radical (unpaired) electrons. The van der Waals surface area contributed by atoms with Gasteiger partial charge in [0.05, 0.1) is 35.4 Å². The van der Waals surface area contributed by atoms with Gasteiger partial charge in [0.25, 0.3) is 5.91 Å². The van der Waals surface area contributed by atoms with Crippen LogP contribution in [0.4, 0.5) is 16.5 Å². The average molecular weight is 487 g/mol. The number of carbonyl (C=O) groups excluding carboxylic acids is 3. The van der Waals surface area contributed by atoms with E-state index in [1.54, 1.807) is 47.9 Å². The van der Waals surface area contributed by atoms with Crippen LogP contribution in [0.3, 0.4) is 0 Å². The van der Waals surface area contributed by atoms with Gasteiger partial charge in [-0.25, -0.2) is 4.98 Å². The molecule has 2 heterocycles. The Morgan fingerprint density at radius 3 is 2.54 bits per heavy atom. The Morgan fingerprint density at radius 2 is 1.80 bits per heavy atom. The number of nitrogens with one attached hydrogen (secondary N) is 2. The second-order valence-electron chi connectivity index (χ2n) is 7.38. The van der Waals surface area contributed by atoms with E-state index >= 15 is 0 Å². The third-order valence-electron chi connectivity index (χ3n) is 4.87. The van der Waals surface area contributed by atoms with Crippen molar-refractivity contribution in [2.75, 3.05) is 10.2 Å². The van der Waals surface area contributed by atoms with E-state index in [2.05, 4.69) is 15.6 Å². The maximum atomic E-state index is 12.6. The molecule has 4 rings (SSSR count). The third-order valence-corrected chi connectivity index (χ3v) is 5.71. The van der Waals surface area contributed by atoms with Gasteiger partial charge >= 0.3 is 0 Å². The minimum absolute atomic E-state index is 0.166. The van der Waals surface area contributed by atoms with Crippen molar-refractivity contribution in [3.05, 3.63) is 101 Å². The van der Waals surface area contributed by atoms with Crippen molar-refractivity contribution in [2.45, 2.75) is 13.5 Å². The van der Waals surface area contributed by atoms with E-state index in [1.807, 2.05) is 30.3 Å². The van der Waals surface area contributed by atoms with Gasteiger partial charge in [0.2, 0.25) is 11.8 Å². The van der Waals surface area contributed by atoms with Crippen LogP contribution in [0, 0.1) is 0 Å². The van der Waals surface area contributed by atoms with Gasteiger partial charge in [-0.2, -0.15) is 0 Å². The second kappa shape index (κ2) is 11.1. The highest BCUT2D eigenvalue weighted by Crippen LogP contribution is 2.29. The number of amides is 3. The maximum Gasteiger partial charge on any atom is 0.253 e. The number of nitrogens with zero attached hydrogens (tertiary/aromatic N) is 2. The fourth-order valence-electron chi connectivity index (χ4n) is 3.26. The number of hydrogen-bond donors (Lipinski definition) is 2. The largest absolute Gasteiger partial charge is 0.467 e. The zero-order valence-corrected chi connectivity index (χ0v) is 19.6. The Kier molecular flexibility index (Phi) is 7.49. The monoisotopic (exact) mass is 486 g/mol. The number of para-hydroxylation sites is 2. The van der Waals surface area contributed by atoms with Gasteiger partial charge < -0.3 is 15.1 Å². The summed E-state index contributed by atoms with van der Waals surface area (Å²) in [4.78, 5) is 43.3. The van der Waals surface area contributed by atoms with Crippen LogP contribution in [-0.2, 0) is 16.1 Å². The molecule has 0 aliphatic heterocycles. The molecule has 4 aromatic rings. The molecule has 2 N–H and O–H groups in total. The Labute approximate surface area is 205 Å². The number of carbonyl (C=O) groups is 3. The maximum absolute atomic E-state index is 12.6. The summed E-state index contributed by atoms with van der Waals surface area (Å²) in [6, 6.07) is 19.5. The van der Waals surface area contributed by atoms with Gasteiger partial charge in [0.15, 0.2) is 5.13 Å². The molecule has 0 bridgehead atoms. The minimum atomic E-state index is -0.419. The number of furan rings is 1. The molecule has 2 aromatic carbocycles. The number of hydrogen-bond acceptors (Lipinski definition) is 6. The molecule has 0 fully saturated rings. The van der Waals surface area contributed by atoms with Crippen molar-refractivity contribution in [3.8, 4) is 0 Å². The van der Waals surface area contributed by atoms with E-state index < -0.39 is 5.91 Å². The topological polar surface area (TPSA) is 105 Å². The molecule has 0 saturated heterocycles. The van der Waals surface area contributed by atoms with Crippen molar-refractivity contribution in [1.29, 1.82) is 0 Å². The zero-order chi connectivity index (χ0) is 24.6. The standard InChI is InChI=1S/C26H22N4O4S/c1-18(31)30(20-8-3-2-4-9-20)26-28-19(17-35-26)13-14-24(32)29-23-12-6-5-11-22(23)25(33)27-16-21-10-7-15-34-21/h2-15,17H,16H2,1H3,(H,27,33)(H,29,32)/b14-13+. The average Bonchev–Trinajstić information content (AvgIpc) is 3.55. The summed E-state index contributed by atoms with van der Waals surface area (Å²) >= 11 is 1.30. The van der Waals surface area contributed by atoms with Crippen LogP contribution >= 0.6 is 11.3 Å². The molecule has 3 amide bonds. The summed E-state index contributed by atoms with van der Waals surface area (Å²) in [5, 5.41) is 7.76. The molecule has 0 aliphatic carbocycles. The quantitative estimate of drug-likeness (QED) is 0.341. The van der Waals surface area contributed by atoms with E-state index in [1.165, 1.54) is 35.5 Å². The molecule has 0 spiro atoms. The van der Waals surface area contributed by atoms with Crippen LogP contribution in [0.25, 0.3) is 6.08 Å². The predicted molar refractivity (Wildman–Crippen MR) is 135 cm³/mol. The molecular formula is C26H22N4O4S. The number of anilines is 3. The Morgan fingerprint density at radius 1 is 1.03 bits per heavy atom. The van der Waals surface area contributed by atoms with E-state index in [-0.39, 0.29) is 18.4 Å². The van der Waals surface area contributed by atoms with Crippen molar-refractivity contribution in [1.82, 2.24) is 10.3 Å². The lowest BCUT2D eigenvalue weighted by atomic mass is 10.1. The number of aromatic nitrogens is 1. The second-order valence-corrected chi connectivity index (χ2v) is 8.21. The molecular weight excluding hydrogens is 464 g/mol. The molecule has 0 saturated carbocycles. The molecule has 176 valence electrons. The van der Waals surface area contributed by atoms with Crippen LogP contribution in [0.2, 0.25) is 0 Å². The van der Waals surface area contributed by atoms with E-state index in [0.29, 0.717) is 33.5 Å². The summed E-state index contributed by atoms with van der Waals surface area (Å²) in [5.41, 5.74) is 1.96. The zero-order valence-electron chi connectivity index (χ0n) is 18.8. The normalized spacial score (nSPS) is 10.8. The molecule has 0 unspecified atom stereocenters. The Hall–Kier alpha value is -4.50. The number of rotatable bonds is 8. The van der Waals surface area contributed by atoms with Crippen molar-refractivity contribution in [2.24, 2.45) is 0 Å². The van der Waals surface area contributed by atoms with Gasteiger partial charge in [-0.05, 0) is 42.5 Å². The van der Waals surface area contributed by atoms with E-state index in [9.17, 15) is 14.4 Å². The fourth-order valence-corrected chi connectivity index (χ4v) is 4.12. The highest BCUT2D eigenvalue weighted by molar-refractivity contribution is 7.14. The molecule has 8 nitrogen and oxygen atoms in total. The highest BCUT2D eigenvalue weighted by Gasteiger charge is 2.17. The molecule has 0 atom stereocenters. The molecule has 9 heteroatoms. The molecule has 2 aromatic heterocycles. The van der Waals surface area contributed by atoms with Gasteiger partial charge in [-0.1, -0.05) is 30.3 Å². The third kappa shape index (κ3) is 6.10. The van der Waals surface area contributed by atoms with Gasteiger partial charge in [-0.15, -0.1) is 11.3 Å². The summed E-state index contributed by atoms with van der Waals surface area (Å²) in [6.07, 6.45) is 4.42. The SMILES string of the molecule is CC(=O)N(c1ccccc1)c1nc(/C=C/C(=O)Nc2ccccc2C(=O)NCc2ccco2)cs1. The van der Waals surface area contributed by atoms with Gasteiger partial charge in [-0.3, -0.25) is 19.3 Å². The van der Waals surface area contributed by atoms with Crippen molar-refractivity contribution in [3.63, 3.8) is 0 Å². The summed E-state index contributed by atoms with van der Waals surface area (Å²) in [6.45, 7) is 1.71. The lowest BCUT2D eigenvalue weighted by molar-refractivity contribution is -0.116. The molecule has 0 aliphatic rings. The van der Waals surface area contributed by atoms with Gasteiger partial charge in [0, 0.05) is 18.4 Å². The van der Waals surface area contributed by atoms with Gasteiger partial charge in [0.1, 0.15) is 5.76 Å². The first-order valence-electron chi connectivity index (χ1n) is 10.7. The van der Waals surface area contributed by atoms with Crippen molar-refractivity contribution >= 4 is 51.6 Å². The van der Waals surface area contributed by atoms with E-state index in [0.717, 1.165) is 0 Å². The lowest BCUT2D eigenvalue weighted by Gasteiger charge is -2.17. The van der Waals surface area contributed by atoms with Crippen LogP contribution < -0.4 is 15.5 Å². The van der Waals surface area contributed by atoms with E-state index in [4.69, 9.17) is 4.42 Å². The fraction of sp³-hybridized carbons (Fsp3) is 0.0769. The van der Waals surface area contributed by atoms with Crippen LogP contribution in [-0.4, -0.2) is 22.7 Å². The summed E-state index contributed by atoms with van der Waals surface area (Å²) in [5.74, 6) is -0.297. The number of thiazole rings is 1. The smallest absolute Gasteiger partial charge is 0.253 e. The Bertz CT molecular complexity index is 1350. The first kappa shape index (κ1) is 23.7. The minimum Gasteiger partial charge on any atom is -0.467 e. The van der Waals surface area contributed by atoms with Crippen LogP contribution in [0.1, 0.15) is 28.7 Å². The summed E-state index contributed by atoms with van der Waals surface area (Å²) in [7, 11) is 0. The number of benzene rings is 2. The summed E-state index contributed by atoms with van der Waals surface area (Å²) < 4.78 is 5.22. The Balaban J connectivity index is 1.42. The van der Waals surface area contributed by atoms with Crippen LogP contribution in [0.5, 0.6) is 0 Å². The lowest BCUT2D eigenvalue weighted by Crippen LogP contribution is -2.24. The first-order valence-corrected chi connectivity index (χ1v) is 11.6. The van der Waals surface area contributed by atoms with Crippen molar-refractivity contribution < 1.29 is 18.8 Å². The predicted octanol–water partition coefficient (Wildman–Crippen LogP) is 5.00. The van der Waals surface area contributed by atoms with Crippen LogP contribution in [0.15, 0.2) is 88.9 Å². The highest BCUT2D eigenvalue weighted by atomic mass is 32.1.